The van der Waals surface area contributed by atoms with Crippen LogP contribution < -0.4 is 19.5 Å². The number of aromatic nitrogens is 1. The summed E-state index contributed by atoms with van der Waals surface area (Å²) in [5.74, 6) is 1.45. The zero-order chi connectivity index (χ0) is 18.2. The van der Waals surface area contributed by atoms with E-state index in [-0.39, 0.29) is 5.91 Å². The minimum atomic E-state index is -0.206. The van der Waals surface area contributed by atoms with Crippen molar-refractivity contribution in [3.05, 3.63) is 59.8 Å². The zero-order valence-electron chi connectivity index (χ0n) is 14.7. The average molecular weight is 342 g/mol. The van der Waals surface area contributed by atoms with E-state index in [4.69, 9.17) is 14.2 Å². The molecule has 132 valence electrons. The van der Waals surface area contributed by atoms with Crippen LogP contribution in [0.1, 0.15) is 21.5 Å². The second-order valence-corrected chi connectivity index (χ2v) is 5.26. The van der Waals surface area contributed by atoms with E-state index in [9.17, 15) is 4.79 Å². The first kappa shape index (κ1) is 18.3. The van der Waals surface area contributed by atoms with Gasteiger partial charge >= 0.3 is 0 Å². The minimum Gasteiger partial charge on any atom is -0.493 e. The number of nitrogens with one attached hydrogen (secondary N) is 1. The number of carbonyl (C=O) groups excluding carboxylic acids is 1. The molecule has 6 nitrogen and oxygen atoms in total. The fraction of sp³-hybridized carbons (Fsp3) is 0.263. The monoisotopic (exact) mass is 342 g/mol. The van der Waals surface area contributed by atoms with E-state index in [1.807, 2.05) is 6.07 Å². The lowest BCUT2D eigenvalue weighted by molar-refractivity contribution is 0.0950. The average Bonchev–Trinajstić information content (AvgIpc) is 2.66. The number of allylic oxidation sites excluding steroid dienone is 1. The maximum absolute atomic E-state index is 12.5. The van der Waals surface area contributed by atoms with E-state index in [1.54, 1.807) is 51.8 Å². The summed E-state index contributed by atoms with van der Waals surface area (Å²) in [6, 6.07) is 7.04. The lowest BCUT2D eigenvalue weighted by Gasteiger charge is -2.14. The Morgan fingerprint density at radius 3 is 2.56 bits per heavy atom. The summed E-state index contributed by atoms with van der Waals surface area (Å²) in [6.45, 7) is 4.10. The summed E-state index contributed by atoms with van der Waals surface area (Å²) in [5.41, 5.74) is 2.21. The van der Waals surface area contributed by atoms with Gasteiger partial charge in [0.2, 0.25) is 5.88 Å². The lowest BCUT2D eigenvalue weighted by Crippen LogP contribution is -2.23. The molecule has 0 saturated carbocycles. The third-order valence-corrected chi connectivity index (χ3v) is 3.64. The molecule has 6 heteroatoms. The minimum absolute atomic E-state index is 0.206. The van der Waals surface area contributed by atoms with E-state index >= 15 is 0 Å². The van der Waals surface area contributed by atoms with Crippen LogP contribution in [-0.4, -0.2) is 32.2 Å². The Kier molecular flexibility index (Phi) is 6.39. The van der Waals surface area contributed by atoms with Crippen LogP contribution in [0.5, 0.6) is 17.4 Å². The van der Waals surface area contributed by atoms with Crippen LogP contribution in [-0.2, 0) is 13.0 Å². The van der Waals surface area contributed by atoms with Crippen molar-refractivity contribution in [2.45, 2.75) is 13.0 Å². The highest BCUT2D eigenvalue weighted by molar-refractivity contribution is 5.95. The van der Waals surface area contributed by atoms with Crippen molar-refractivity contribution >= 4 is 5.91 Å². The van der Waals surface area contributed by atoms with Crippen LogP contribution >= 0.6 is 0 Å². The molecular formula is C19H22N2O4. The van der Waals surface area contributed by atoms with Crippen molar-refractivity contribution < 1.29 is 19.0 Å². The van der Waals surface area contributed by atoms with Gasteiger partial charge in [0.25, 0.3) is 5.91 Å². The van der Waals surface area contributed by atoms with E-state index < -0.39 is 0 Å². The van der Waals surface area contributed by atoms with Crippen LogP contribution in [0.4, 0.5) is 0 Å². The second-order valence-electron chi connectivity index (χ2n) is 5.26. The first-order chi connectivity index (χ1) is 12.1. The molecule has 1 aromatic carbocycles. The molecule has 1 N–H and O–H groups in total. The van der Waals surface area contributed by atoms with Crippen molar-refractivity contribution in [1.82, 2.24) is 10.3 Å². The maximum atomic E-state index is 12.5. The third kappa shape index (κ3) is 4.50. The molecule has 0 unspecified atom stereocenters. The molecule has 0 spiro atoms. The number of hydrogen-bond donors (Lipinski definition) is 1. The Morgan fingerprint density at radius 1 is 1.20 bits per heavy atom. The number of benzene rings is 1. The fourth-order valence-corrected chi connectivity index (χ4v) is 2.40. The predicted octanol–water partition coefficient (Wildman–Crippen LogP) is 2.77. The maximum Gasteiger partial charge on any atom is 0.251 e. The number of pyridine rings is 1. The Hall–Kier alpha value is -3.02. The zero-order valence-corrected chi connectivity index (χ0v) is 14.7. The van der Waals surface area contributed by atoms with Gasteiger partial charge in [-0.3, -0.25) is 4.79 Å². The molecule has 0 bridgehead atoms. The highest BCUT2D eigenvalue weighted by atomic mass is 16.5. The third-order valence-electron chi connectivity index (χ3n) is 3.64. The van der Waals surface area contributed by atoms with Gasteiger partial charge in [0.05, 0.1) is 21.3 Å². The van der Waals surface area contributed by atoms with Gasteiger partial charge in [-0.15, -0.1) is 6.58 Å². The van der Waals surface area contributed by atoms with Crippen molar-refractivity contribution in [2.75, 3.05) is 21.3 Å². The van der Waals surface area contributed by atoms with Crippen LogP contribution in [0.25, 0.3) is 0 Å². The molecule has 2 aromatic rings. The Morgan fingerprint density at radius 2 is 2.00 bits per heavy atom. The van der Waals surface area contributed by atoms with E-state index in [2.05, 4.69) is 16.9 Å². The number of methoxy groups -OCH3 is 3. The van der Waals surface area contributed by atoms with Crippen LogP contribution in [0.15, 0.2) is 43.1 Å². The number of ether oxygens (including phenoxy) is 3. The van der Waals surface area contributed by atoms with Gasteiger partial charge in [-0.05, 0) is 24.1 Å². The van der Waals surface area contributed by atoms with Gasteiger partial charge in [-0.1, -0.05) is 12.1 Å². The number of nitrogens with zero attached hydrogens (tertiary/aromatic N) is 1. The first-order valence-electron chi connectivity index (χ1n) is 7.75. The van der Waals surface area contributed by atoms with Gasteiger partial charge in [0, 0.05) is 29.9 Å². The van der Waals surface area contributed by atoms with Gasteiger partial charge in [0.15, 0.2) is 11.5 Å². The Bertz CT molecular complexity index is 742. The van der Waals surface area contributed by atoms with Crippen LogP contribution in [0.3, 0.4) is 0 Å². The molecule has 0 saturated heterocycles. The normalized spacial score (nSPS) is 10.0. The Labute approximate surface area is 147 Å². The van der Waals surface area contributed by atoms with E-state index in [0.717, 1.165) is 11.1 Å². The van der Waals surface area contributed by atoms with Crippen LogP contribution in [0.2, 0.25) is 0 Å². The quantitative estimate of drug-likeness (QED) is 0.747. The van der Waals surface area contributed by atoms with E-state index in [0.29, 0.717) is 35.9 Å². The SMILES string of the molecule is C=CCc1cc(C(=O)NCc2ccc(OC)nc2)cc(OC)c1OC. The molecular weight excluding hydrogens is 320 g/mol. The van der Waals surface area contributed by atoms with Crippen molar-refractivity contribution in [3.63, 3.8) is 0 Å². The van der Waals surface area contributed by atoms with Gasteiger partial charge in [-0.25, -0.2) is 4.98 Å². The standard InChI is InChI=1S/C19H22N2O4/c1-5-6-14-9-15(10-16(23-2)18(14)25-4)19(22)21-12-13-7-8-17(24-3)20-11-13/h5,7-11H,1,6,12H2,2-4H3,(H,21,22). The molecule has 0 aliphatic rings. The van der Waals surface area contributed by atoms with Gasteiger partial charge < -0.3 is 19.5 Å². The highest BCUT2D eigenvalue weighted by Crippen LogP contribution is 2.33. The second kappa shape index (κ2) is 8.73. The number of carbonyl (C=O) groups is 1. The molecule has 25 heavy (non-hydrogen) atoms. The number of hydrogen-bond acceptors (Lipinski definition) is 5. The first-order valence-corrected chi connectivity index (χ1v) is 7.75. The summed E-state index contributed by atoms with van der Waals surface area (Å²) in [6.07, 6.45) is 3.99. The molecule has 1 aromatic heterocycles. The fourth-order valence-electron chi connectivity index (χ4n) is 2.40. The largest absolute Gasteiger partial charge is 0.493 e. The molecule has 0 aliphatic carbocycles. The highest BCUT2D eigenvalue weighted by Gasteiger charge is 2.15. The van der Waals surface area contributed by atoms with Crippen molar-refractivity contribution in [2.24, 2.45) is 0 Å². The molecule has 0 aliphatic heterocycles. The molecule has 0 fully saturated rings. The number of amides is 1. The van der Waals surface area contributed by atoms with Crippen molar-refractivity contribution in [3.8, 4) is 17.4 Å². The molecule has 0 atom stereocenters. The van der Waals surface area contributed by atoms with Gasteiger partial charge in [-0.2, -0.15) is 0 Å². The van der Waals surface area contributed by atoms with Crippen LogP contribution in [0, 0.1) is 0 Å². The van der Waals surface area contributed by atoms with E-state index in [1.165, 1.54) is 0 Å². The summed E-state index contributed by atoms with van der Waals surface area (Å²) >= 11 is 0. The molecule has 0 radical (unpaired) electrons. The van der Waals surface area contributed by atoms with Gasteiger partial charge in [0.1, 0.15) is 0 Å². The van der Waals surface area contributed by atoms with Crippen molar-refractivity contribution in [1.29, 1.82) is 0 Å². The molecule has 1 amide bonds. The predicted molar refractivity (Wildman–Crippen MR) is 95.4 cm³/mol. The molecule has 2 rings (SSSR count). The lowest BCUT2D eigenvalue weighted by atomic mass is 10.0. The summed E-state index contributed by atoms with van der Waals surface area (Å²) in [7, 11) is 4.67. The smallest absolute Gasteiger partial charge is 0.251 e. The summed E-state index contributed by atoms with van der Waals surface area (Å²) < 4.78 is 15.7. The summed E-state index contributed by atoms with van der Waals surface area (Å²) in [5, 5.41) is 2.87. The topological polar surface area (TPSA) is 69.7 Å². The summed E-state index contributed by atoms with van der Waals surface area (Å²) in [4.78, 5) is 16.6. The molecule has 1 heterocycles. The number of rotatable bonds is 8. The Balaban J connectivity index is 2.17.